The smallest absolute Gasteiger partial charge is 0.0598 e. The molecule has 1 heterocycles. The summed E-state index contributed by atoms with van der Waals surface area (Å²) in [5.74, 6) is 0. The number of morpholine rings is 1. The van der Waals surface area contributed by atoms with Crippen LogP contribution in [0.5, 0.6) is 0 Å². The molecule has 0 aromatic heterocycles. The van der Waals surface area contributed by atoms with Crippen molar-refractivity contribution in [1.29, 1.82) is 0 Å². The molecule has 0 N–H and O–H groups in total. The second-order valence-electron chi connectivity index (χ2n) is 5.88. The molecule has 1 fully saturated rings. The summed E-state index contributed by atoms with van der Waals surface area (Å²) in [6, 6.07) is 14.5. The van der Waals surface area contributed by atoms with E-state index in [1.54, 1.807) is 0 Å². The average Bonchev–Trinajstić information content (AvgIpc) is 2.59. The van der Waals surface area contributed by atoms with Crippen molar-refractivity contribution >= 4 is 23.2 Å². The SMILES string of the molecule is Clc1ccc(-c2ccc(CCCN3CCOCC3)cc2)cc1Cl. The quantitative estimate of drug-likeness (QED) is 0.759. The fourth-order valence-electron chi connectivity index (χ4n) is 2.87. The maximum atomic E-state index is 6.09. The van der Waals surface area contributed by atoms with Gasteiger partial charge in [-0.05, 0) is 48.2 Å². The van der Waals surface area contributed by atoms with Crippen molar-refractivity contribution in [2.45, 2.75) is 12.8 Å². The molecule has 0 unspecified atom stereocenters. The van der Waals surface area contributed by atoms with E-state index in [1.807, 2.05) is 18.2 Å². The van der Waals surface area contributed by atoms with Gasteiger partial charge in [-0.3, -0.25) is 4.90 Å². The highest BCUT2D eigenvalue weighted by Crippen LogP contribution is 2.28. The molecular weight excluding hydrogens is 329 g/mol. The molecular formula is C19H21Cl2NO. The summed E-state index contributed by atoms with van der Waals surface area (Å²) in [4.78, 5) is 2.48. The Kier molecular flexibility index (Phi) is 5.96. The van der Waals surface area contributed by atoms with E-state index in [0.29, 0.717) is 10.0 Å². The molecule has 1 aliphatic heterocycles. The Labute approximate surface area is 148 Å². The molecule has 0 spiro atoms. The number of benzene rings is 2. The highest BCUT2D eigenvalue weighted by molar-refractivity contribution is 6.42. The highest BCUT2D eigenvalue weighted by Gasteiger charge is 2.09. The summed E-state index contributed by atoms with van der Waals surface area (Å²) in [6.45, 7) is 5.03. The van der Waals surface area contributed by atoms with Gasteiger partial charge in [0.15, 0.2) is 0 Å². The van der Waals surface area contributed by atoms with Crippen LogP contribution in [0.25, 0.3) is 11.1 Å². The lowest BCUT2D eigenvalue weighted by Crippen LogP contribution is -2.36. The number of hydrogen-bond donors (Lipinski definition) is 0. The fourth-order valence-corrected chi connectivity index (χ4v) is 3.17. The van der Waals surface area contributed by atoms with Gasteiger partial charge in [0.2, 0.25) is 0 Å². The highest BCUT2D eigenvalue weighted by atomic mass is 35.5. The lowest BCUT2D eigenvalue weighted by molar-refractivity contribution is 0.0375. The molecule has 0 radical (unpaired) electrons. The molecule has 0 aliphatic carbocycles. The van der Waals surface area contributed by atoms with Crippen LogP contribution in [-0.4, -0.2) is 37.7 Å². The molecule has 3 rings (SSSR count). The van der Waals surface area contributed by atoms with Crippen LogP contribution in [0.2, 0.25) is 10.0 Å². The molecule has 4 heteroatoms. The van der Waals surface area contributed by atoms with Crippen LogP contribution in [0.4, 0.5) is 0 Å². The van der Waals surface area contributed by atoms with Crippen LogP contribution in [0.3, 0.4) is 0 Å². The molecule has 2 aromatic rings. The van der Waals surface area contributed by atoms with Crippen molar-refractivity contribution in [1.82, 2.24) is 4.90 Å². The fraction of sp³-hybridized carbons (Fsp3) is 0.368. The minimum atomic E-state index is 0.593. The van der Waals surface area contributed by atoms with Gasteiger partial charge in [-0.1, -0.05) is 53.5 Å². The molecule has 0 bridgehead atoms. The average molecular weight is 350 g/mol. The Hall–Kier alpha value is -1.06. The molecule has 122 valence electrons. The Bertz CT molecular complexity index is 636. The van der Waals surface area contributed by atoms with Crippen molar-refractivity contribution in [3.05, 3.63) is 58.1 Å². The van der Waals surface area contributed by atoms with E-state index in [9.17, 15) is 0 Å². The largest absolute Gasteiger partial charge is 0.379 e. The maximum absolute atomic E-state index is 6.09. The normalized spacial score (nSPS) is 15.7. The first kappa shape index (κ1) is 16.8. The summed E-state index contributed by atoms with van der Waals surface area (Å²) in [5, 5.41) is 1.19. The van der Waals surface area contributed by atoms with Crippen molar-refractivity contribution < 1.29 is 4.74 Å². The van der Waals surface area contributed by atoms with Crippen molar-refractivity contribution in [2.24, 2.45) is 0 Å². The van der Waals surface area contributed by atoms with E-state index in [0.717, 1.165) is 44.8 Å². The standard InChI is InChI=1S/C19H21Cl2NO/c20-18-8-7-17(14-19(18)21)16-5-3-15(4-6-16)2-1-9-22-10-12-23-13-11-22/h3-8,14H,1-2,9-13H2. The summed E-state index contributed by atoms with van der Waals surface area (Å²) < 4.78 is 5.38. The molecule has 0 atom stereocenters. The monoisotopic (exact) mass is 349 g/mol. The zero-order valence-electron chi connectivity index (χ0n) is 13.1. The van der Waals surface area contributed by atoms with E-state index in [1.165, 1.54) is 17.5 Å². The zero-order valence-corrected chi connectivity index (χ0v) is 14.6. The Morgan fingerprint density at radius 2 is 1.57 bits per heavy atom. The lowest BCUT2D eigenvalue weighted by atomic mass is 10.0. The summed E-state index contributed by atoms with van der Waals surface area (Å²) in [6.07, 6.45) is 2.30. The van der Waals surface area contributed by atoms with Crippen LogP contribution in [0, 0.1) is 0 Å². The molecule has 2 nitrogen and oxygen atoms in total. The third-order valence-corrected chi connectivity index (χ3v) is 4.99. The zero-order chi connectivity index (χ0) is 16.1. The van der Waals surface area contributed by atoms with Gasteiger partial charge in [-0.15, -0.1) is 0 Å². The third kappa shape index (κ3) is 4.71. The minimum Gasteiger partial charge on any atom is -0.379 e. The lowest BCUT2D eigenvalue weighted by Gasteiger charge is -2.26. The van der Waals surface area contributed by atoms with Gasteiger partial charge in [0.1, 0.15) is 0 Å². The van der Waals surface area contributed by atoms with Gasteiger partial charge in [-0.2, -0.15) is 0 Å². The van der Waals surface area contributed by atoms with E-state index in [2.05, 4.69) is 29.2 Å². The van der Waals surface area contributed by atoms with E-state index < -0.39 is 0 Å². The Morgan fingerprint density at radius 3 is 2.26 bits per heavy atom. The summed E-state index contributed by atoms with van der Waals surface area (Å²) in [7, 11) is 0. The van der Waals surface area contributed by atoms with E-state index in [4.69, 9.17) is 27.9 Å². The Morgan fingerprint density at radius 1 is 0.870 bits per heavy atom. The third-order valence-electron chi connectivity index (χ3n) is 4.25. The van der Waals surface area contributed by atoms with Crippen LogP contribution in [0.1, 0.15) is 12.0 Å². The van der Waals surface area contributed by atoms with E-state index in [-0.39, 0.29) is 0 Å². The van der Waals surface area contributed by atoms with E-state index >= 15 is 0 Å². The summed E-state index contributed by atoms with van der Waals surface area (Å²) >= 11 is 12.1. The van der Waals surface area contributed by atoms with Crippen LogP contribution in [0.15, 0.2) is 42.5 Å². The van der Waals surface area contributed by atoms with Crippen molar-refractivity contribution in [2.75, 3.05) is 32.8 Å². The van der Waals surface area contributed by atoms with Gasteiger partial charge < -0.3 is 4.74 Å². The van der Waals surface area contributed by atoms with Gasteiger partial charge in [0.25, 0.3) is 0 Å². The molecule has 1 aliphatic rings. The van der Waals surface area contributed by atoms with Gasteiger partial charge >= 0.3 is 0 Å². The number of ether oxygens (including phenoxy) is 1. The molecule has 2 aromatic carbocycles. The van der Waals surface area contributed by atoms with Gasteiger partial charge in [0, 0.05) is 13.1 Å². The predicted octanol–water partition coefficient (Wildman–Crippen LogP) is 4.93. The number of rotatable bonds is 5. The molecule has 0 saturated carbocycles. The van der Waals surface area contributed by atoms with Crippen LogP contribution in [-0.2, 0) is 11.2 Å². The first-order valence-corrected chi connectivity index (χ1v) is 8.82. The first-order valence-electron chi connectivity index (χ1n) is 8.07. The van der Waals surface area contributed by atoms with Gasteiger partial charge in [-0.25, -0.2) is 0 Å². The van der Waals surface area contributed by atoms with Crippen molar-refractivity contribution in [3.8, 4) is 11.1 Å². The predicted molar refractivity (Wildman–Crippen MR) is 97.5 cm³/mol. The van der Waals surface area contributed by atoms with Gasteiger partial charge in [0.05, 0.1) is 23.3 Å². The topological polar surface area (TPSA) is 12.5 Å². The number of hydrogen-bond acceptors (Lipinski definition) is 2. The number of aryl methyl sites for hydroxylation is 1. The Balaban J connectivity index is 1.55. The second kappa shape index (κ2) is 8.16. The molecule has 0 amide bonds. The number of nitrogens with zero attached hydrogens (tertiary/aromatic N) is 1. The summed E-state index contributed by atoms with van der Waals surface area (Å²) in [5.41, 5.74) is 3.64. The maximum Gasteiger partial charge on any atom is 0.0598 e. The second-order valence-corrected chi connectivity index (χ2v) is 6.70. The number of halogens is 2. The van der Waals surface area contributed by atoms with Crippen molar-refractivity contribution in [3.63, 3.8) is 0 Å². The molecule has 23 heavy (non-hydrogen) atoms. The molecule has 1 saturated heterocycles. The van der Waals surface area contributed by atoms with Crippen LogP contribution >= 0.6 is 23.2 Å². The first-order chi connectivity index (χ1) is 11.2. The van der Waals surface area contributed by atoms with Crippen LogP contribution < -0.4 is 0 Å². The minimum absolute atomic E-state index is 0.593.